The molecule has 0 saturated heterocycles. The fourth-order valence-corrected chi connectivity index (χ4v) is 4.19. The monoisotopic (exact) mass is 457 g/mol. The first-order valence-electron chi connectivity index (χ1n) is 10.9. The molecule has 1 aliphatic heterocycles. The van der Waals surface area contributed by atoms with Crippen molar-refractivity contribution < 1.29 is 13.5 Å². The molecule has 170 valence electrons. The first kappa shape index (κ1) is 20.3. The van der Waals surface area contributed by atoms with Crippen molar-refractivity contribution >= 4 is 34.5 Å². The van der Waals surface area contributed by atoms with Crippen LogP contribution in [0.5, 0.6) is 5.75 Å². The summed E-state index contributed by atoms with van der Waals surface area (Å²) in [7, 11) is 1.55. The number of oxazole rings is 1. The summed E-state index contributed by atoms with van der Waals surface area (Å²) in [6.07, 6.45) is 6.03. The lowest BCUT2D eigenvalue weighted by molar-refractivity contribution is 0.416. The van der Waals surface area contributed by atoms with E-state index in [1.54, 1.807) is 48.9 Å². The molecule has 0 spiro atoms. The van der Waals surface area contributed by atoms with Crippen LogP contribution in [0, 0.1) is 5.82 Å². The van der Waals surface area contributed by atoms with Crippen LogP contribution < -0.4 is 9.75 Å². The van der Waals surface area contributed by atoms with E-state index in [-0.39, 0.29) is 5.82 Å². The maximum Gasteiger partial charge on any atom is 0.319 e. The van der Waals surface area contributed by atoms with E-state index in [0.29, 0.717) is 51.7 Å². The first-order chi connectivity index (χ1) is 16.7. The molecule has 1 aliphatic rings. The number of fused-ring (bicyclic) bond motifs is 2. The summed E-state index contributed by atoms with van der Waals surface area (Å²) < 4.78 is 28.6. The largest absolute Gasteiger partial charge is 0.496 e. The smallest absolute Gasteiger partial charge is 0.319 e. The van der Waals surface area contributed by atoms with Gasteiger partial charge in [0.1, 0.15) is 22.6 Å². The van der Waals surface area contributed by atoms with E-state index >= 15 is 4.39 Å². The van der Waals surface area contributed by atoms with E-state index in [0.717, 1.165) is 24.1 Å². The lowest BCUT2D eigenvalue weighted by Crippen LogP contribution is -2.11. The van der Waals surface area contributed by atoms with Gasteiger partial charge < -0.3 is 13.7 Å². The molecule has 4 heterocycles. The van der Waals surface area contributed by atoms with Crippen molar-refractivity contribution in [3.8, 4) is 28.0 Å². The minimum absolute atomic E-state index is 0.369. The average Bonchev–Trinajstić information content (AvgIpc) is 3.62. The Balaban J connectivity index is 1.50. The van der Waals surface area contributed by atoms with E-state index in [1.807, 2.05) is 17.7 Å². The SMILES string of the molecule is CCn1cnc2c(-c3ccc(F)c(-c4cc5oc(N6CCC=N6)nc5cc4OC)c3)cnnc21. The highest BCUT2D eigenvalue weighted by molar-refractivity contribution is 5.92. The van der Waals surface area contributed by atoms with Crippen LogP contribution in [0.3, 0.4) is 0 Å². The zero-order valence-corrected chi connectivity index (χ0v) is 18.6. The van der Waals surface area contributed by atoms with Gasteiger partial charge in [0.05, 0.1) is 26.2 Å². The molecule has 6 rings (SSSR count). The molecule has 0 aliphatic carbocycles. The topological polar surface area (TPSA) is 94.5 Å². The highest BCUT2D eigenvalue weighted by Crippen LogP contribution is 2.39. The Morgan fingerprint density at radius 2 is 2.06 bits per heavy atom. The molecular weight excluding hydrogens is 437 g/mol. The van der Waals surface area contributed by atoms with Crippen LogP contribution in [0.4, 0.5) is 10.4 Å². The summed E-state index contributed by atoms with van der Waals surface area (Å²) in [5.74, 6) is 0.101. The van der Waals surface area contributed by atoms with Gasteiger partial charge in [-0.05, 0) is 30.7 Å². The van der Waals surface area contributed by atoms with Crippen molar-refractivity contribution in [3.05, 3.63) is 48.7 Å². The standard InChI is InChI=1S/C24H20FN7O2/c1-3-31-13-26-22-17(12-27-30-23(22)31)14-5-6-18(25)15(9-14)16-10-21-19(11-20(16)33-2)29-24(34-21)32-8-4-7-28-32/h5-7,9-13H,3-4,8H2,1-2H3. The highest BCUT2D eigenvalue weighted by Gasteiger charge is 2.20. The van der Waals surface area contributed by atoms with Gasteiger partial charge >= 0.3 is 6.01 Å². The zero-order valence-electron chi connectivity index (χ0n) is 18.6. The van der Waals surface area contributed by atoms with Crippen molar-refractivity contribution in [2.75, 3.05) is 18.7 Å². The van der Waals surface area contributed by atoms with Crippen molar-refractivity contribution in [1.82, 2.24) is 24.7 Å². The minimum Gasteiger partial charge on any atom is -0.496 e. The van der Waals surface area contributed by atoms with Crippen LogP contribution in [0.1, 0.15) is 13.3 Å². The number of ether oxygens (including phenoxy) is 1. The summed E-state index contributed by atoms with van der Waals surface area (Å²) >= 11 is 0. The predicted octanol–water partition coefficient (Wildman–Crippen LogP) is 4.67. The Labute approximate surface area is 193 Å². The number of halogens is 1. The first-order valence-corrected chi connectivity index (χ1v) is 10.9. The summed E-state index contributed by atoms with van der Waals surface area (Å²) in [5.41, 5.74) is 4.99. The van der Waals surface area contributed by atoms with Gasteiger partial charge in [-0.2, -0.15) is 15.2 Å². The van der Waals surface area contributed by atoms with Gasteiger partial charge in [0, 0.05) is 41.9 Å². The van der Waals surface area contributed by atoms with Crippen molar-refractivity contribution in [2.24, 2.45) is 5.10 Å². The summed E-state index contributed by atoms with van der Waals surface area (Å²) in [6.45, 7) is 3.44. The van der Waals surface area contributed by atoms with Crippen LogP contribution in [0.25, 0.3) is 44.5 Å². The number of hydrogen-bond donors (Lipinski definition) is 0. The lowest BCUT2D eigenvalue weighted by Gasteiger charge is -2.11. The van der Waals surface area contributed by atoms with Crippen LogP contribution in [0.15, 0.2) is 52.4 Å². The number of benzene rings is 2. The van der Waals surface area contributed by atoms with Crippen LogP contribution >= 0.6 is 0 Å². The second kappa shape index (κ2) is 7.91. The molecule has 9 nitrogen and oxygen atoms in total. The molecule has 2 aromatic carbocycles. The quantitative estimate of drug-likeness (QED) is 0.379. The Morgan fingerprint density at radius 3 is 2.85 bits per heavy atom. The number of rotatable bonds is 5. The van der Waals surface area contributed by atoms with E-state index < -0.39 is 0 Å². The van der Waals surface area contributed by atoms with Gasteiger partial charge in [-0.3, -0.25) is 0 Å². The fraction of sp³-hybridized carbons (Fsp3) is 0.208. The number of hydrogen-bond acceptors (Lipinski definition) is 8. The third kappa shape index (κ3) is 3.18. The molecule has 10 heteroatoms. The molecule has 0 atom stereocenters. The average molecular weight is 457 g/mol. The Kier molecular flexibility index (Phi) is 4.72. The van der Waals surface area contributed by atoms with Gasteiger partial charge in [-0.1, -0.05) is 6.07 Å². The Bertz CT molecular complexity index is 1570. The number of imidazole rings is 1. The number of aromatic nitrogens is 5. The third-order valence-corrected chi connectivity index (χ3v) is 5.92. The number of methoxy groups -OCH3 is 1. The van der Waals surface area contributed by atoms with Gasteiger partial charge in [0.25, 0.3) is 0 Å². The highest BCUT2D eigenvalue weighted by atomic mass is 19.1. The van der Waals surface area contributed by atoms with Gasteiger partial charge in [0.15, 0.2) is 11.2 Å². The Morgan fingerprint density at radius 1 is 1.15 bits per heavy atom. The fourth-order valence-electron chi connectivity index (χ4n) is 4.19. The molecule has 0 saturated carbocycles. The second-order valence-electron chi connectivity index (χ2n) is 7.88. The van der Waals surface area contributed by atoms with E-state index in [4.69, 9.17) is 9.15 Å². The number of hydrazone groups is 1. The zero-order chi connectivity index (χ0) is 23.2. The molecule has 5 aromatic rings. The normalized spacial score (nSPS) is 13.4. The summed E-state index contributed by atoms with van der Waals surface area (Å²) in [4.78, 5) is 9.02. The number of anilines is 1. The molecule has 0 radical (unpaired) electrons. The third-order valence-electron chi connectivity index (χ3n) is 5.92. The molecule has 0 fully saturated rings. The van der Waals surface area contributed by atoms with Gasteiger partial charge in [0.2, 0.25) is 0 Å². The van der Waals surface area contributed by atoms with E-state index in [2.05, 4.69) is 25.3 Å². The Hall–Kier alpha value is -4.34. The van der Waals surface area contributed by atoms with Crippen molar-refractivity contribution in [3.63, 3.8) is 0 Å². The van der Waals surface area contributed by atoms with Crippen LogP contribution in [-0.4, -0.2) is 44.6 Å². The molecule has 0 unspecified atom stereocenters. The summed E-state index contributed by atoms with van der Waals surface area (Å²) in [6, 6.07) is 8.81. The molecule has 3 aromatic heterocycles. The molecule has 0 amide bonds. The summed E-state index contributed by atoms with van der Waals surface area (Å²) in [5, 5.41) is 14.3. The van der Waals surface area contributed by atoms with Crippen molar-refractivity contribution in [1.29, 1.82) is 0 Å². The van der Waals surface area contributed by atoms with E-state index in [9.17, 15) is 0 Å². The molecule has 34 heavy (non-hydrogen) atoms. The number of aryl methyl sites for hydroxylation is 1. The minimum atomic E-state index is -0.386. The molecule has 0 N–H and O–H groups in total. The van der Waals surface area contributed by atoms with Gasteiger partial charge in [-0.25, -0.2) is 14.4 Å². The van der Waals surface area contributed by atoms with Gasteiger partial charge in [-0.15, -0.1) is 5.10 Å². The van der Waals surface area contributed by atoms with Crippen molar-refractivity contribution in [2.45, 2.75) is 19.9 Å². The lowest BCUT2D eigenvalue weighted by atomic mass is 9.98. The second-order valence-corrected chi connectivity index (χ2v) is 7.88. The maximum atomic E-state index is 15.1. The molecule has 0 bridgehead atoms. The predicted molar refractivity (Wildman–Crippen MR) is 126 cm³/mol. The van der Waals surface area contributed by atoms with Crippen LogP contribution in [-0.2, 0) is 6.54 Å². The maximum absolute atomic E-state index is 15.1. The number of nitrogens with zero attached hydrogens (tertiary/aromatic N) is 7. The van der Waals surface area contributed by atoms with Crippen LogP contribution in [0.2, 0.25) is 0 Å². The van der Waals surface area contributed by atoms with E-state index in [1.165, 1.54) is 6.07 Å². The molecular formula is C24H20FN7O2.